The third-order valence-electron chi connectivity index (χ3n) is 29.2. The smallest absolute Gasteiger partial charge is 0.0556 e. The molecule has 0 amide bonds. The standard InChI is InChI=1S/2C44H25NS.C38H21NS/c1-2-12-30-26(9-1)19-23-38-42(30)43-39(24-22-37-33-15-5-6-18-40(33)46-44(37)43)45(38)28-11-7-10-27(25-28)29-20-21-36-32-14-4-3-13-31(32)35-17-8-16-34(29)41(35)36;1-2-9-30-26(8-1)18-24-38-42(30)43-39(25-23-37-33-12-5-6-15-40(33)46-44(37)43)45(38)28-19-16-27(17-20-28)29-21-22-36-32-11-4-3-10-31(32)35-14-7-13-34(29)41(35)36;1-2-9-23-22(8-1)16-19-32-36(23)37-33(21-18-29-26-12-5-6-15-34(26)40-38(29)37)39(32)31-20-17-28-25-11-4-3-10-24(25)27-13-7-14-30(31)35(27)28/h2*1-25H;1-21H. The van der Waals surface area contributed by atoms with Crippen LogP contribution in [0.2, 0.25) is 0 Å². The maximum atomic E-state index is 2.52. The predicted molar refractivity (Wildman–Crippen MR) is 570 cm³/mol. The van der Waals surface area contributed by atoms with Gasteiger partial charge in [-0.15, -0.1) is 34.0 Å². The fourth-order valence-corrected chi connectivity index (χ4v) is 27.4. The Morgan fingerprint density at radius 2 is 0.439 bits per heavy atom. The van der Waals surface area contributed by atoms with Gasteiger partial charge in [0.25, 0.3) is 0 Å². The maximum absolute atomic E-state index is 2.52. The Labute approximate surface area is 768 Å². The minimum absolute atomic E-state index is 1.18. The van der Waals surface area contributed by atoms with Crippen LogP contribution in [0.4, 0.5) is 0 Å². The first-order valence-electron chi connectivity index (χ1n) is 45.5. The van der Waals surface area contributed by atoms with Gasteiger partial charge >= 0.3 is 0 Å². The van der Waals surface area contributed by atoms with E-state index in [1.165, 1.54) is 297 Å². The lowest BCUT2D eigenvalue weighted by molar-refractivity contribution is 1.18. The van der Waals surface area contributed by atoms with Crippen LogP contribution in [-0.4, -0.2) is 13.7 Å². The van der Waals surface area contributed by atoms with Gasteiger partial charge in [-0.1, -0.05) is 346 Å². The average Bonchev–Trinajstić information content (AvgIpc) is 1.53. The summed E-state index contributed by atoms with van der Waals surface area (Å²) in [5, 5.41) is 31.9. The summed E-state index contributed by atoms with van der Waals surface area (Å²) in [7, 11) is 0. The normalized spacial score (nSPS) is 12.4. The van der Waals surface area contributed by atoms with Crippen LogP contribution in [0, 0.1) is 0 Å². The summed E-state index contributed by atoms with van der Waals surface area (Å²) in [5.74, 6) is 0. The first-order chi connectivity index (χ1) is 65.5. The van der Waals surface area contributed by atoms with Crippen molar-refractivity contribution in [1.29, 1.82) is 0 Å². The highest BCUT2D eigenvalue weighted by Crippen LogP contribution is 2.56. The Balaban J connectivity index is 0.0000000953. The van der Waals surface area contributed by atoms with Crippen LogP contribution in [0.3, 0.4) is 0 Å². The molecule has 6 aromatic heterocycles. The molecule has 0 saturated heterocycles. The molecular formula is C126H71N3S3. The van der Waals surface area contributed by atoms with Crippen LogP contribution in [0.1, 0.15) is 0 Å². The summed E-state index contributed by atoms with van der Waals surface area (Å²) >= 11 is 5.75. The molecule has 0 aliphatic heterocycles. The number of nitrogens with zero attached hydrogens (tertiary/aromatic N) is 3. The van der Waals surface area contributed by atoms with Crippen molar-refractivity contribution in [2.75, 3.05) is 0 Å². The van der Waals surface area contributed by atoms with Gasteiger partial charge in [-0.05, 0) is 233 Å². The monoisotopic (exact) mass is 1720 g/mol. The number of hydrogen-bond acceptors (Lipinski definition) is 3. The second-order valence-corrected chi connectivity index (χ2v) is 38.9. The van der Waals surface area contributed by atoms with E-state index in [0.29, 0.717) is 0 Å². The van der Waals surface area contributed by atoms with Crippen LogP contribution >= 0.6 is 34.0 Å². The highest BCUT2D eigenvalue weighted by atomic mass is 32.1. The average molecular weight is 1720 g/mol. The lowest BCUT2D eigenvalue weighted by Crippen LogP contribution is -1.95. The molecule has 23 aromatic carbocycles. The lowest BCUT2D eigenvalue weighted by Gasteiger charge is -2.13. The van der Waals surface area contributed by atoms with E-state index < -0.39 is 0 Å². The van der Waals surface area contributed by atoms with E-state index in [1.54, 1.807) is 0 Å². The van der Waals surface area contributed by atoms with Crippen molar-refractivity contribution in [2.45, 2.75) is 0 Å². The Bertz CT molecular complexity index is 10100. The molecule has 608 valence electrons. The summed E-state index contributed by atoms with van der Waals surface area (Å²) in [6.07, 6.45) is 0. The Kier molecular flexibility index (Phi) is 15.2. The molecule has 3 nitrogen and oxygen atoms in total. The van der Waals surface area contributed by atoms with Gasteiger partial charge < -0.3 is 13.7 Å². The van der Waals surface area contributed by atoms with Crippen LogP contribution in [0.15, 0.2) is 431 Å². The van der Waals surface area contributed by atoms with Crippen molar-refractivity contribution in [3.8, 4) is 106 Å². The highest BCUT2D eigenvalue weighted by molar-refractivity contribution is 7.27. The summed E-state index contributed by atoms with van der Waals surface area (Å²) in [6.45, 7) is 0. The lowest BCUT2D eigenvalue weighted by atomic mass is 9.94. The van der Waals surface area contributed by atoms with Crippen LogP contribution in [0.25, 0.3) is 297 Å². The number of benzene rings is 23. The topological polar surface area (TPSA) is 14.8 Å². The molecule has 0 bridgehead atoms. The summed E-state index contributed by atoms with van der Waals surface area (Å²) in [5.41, 5.74) is 32.2. The SMILES string of the molecule is c1cc(-c2ccc3c4c(cccc24)-c2ccccc2-3)cc(-n2c3ccc4ccccc4c3c3c4sc5ccccc5c4ccc32)c1.c1ccc2c(c1)-c1cccc3c(-c4ccc(-n5c6ccc7ccccc7c6c6c7sc8ccccc8c7ccc65)cc4)ccc-2c13.c1ccc2c(c1)-c1cccc3c(-n4c5ccc6ccccc6c5c5c6sc7ccccc7c6ccc54)ccc-2c13. The largest absolute Gasteiger partial charge is 0.309 e. The molecule has 0 saturated carbocycles. The van der Waals surface area contributed by atoms with Crippen molar-refractivity contribution >= 4 is 225 Å². The number of fused-ring (bicyclic) bond motifs is 36. The third kappa shape index (κ3) is 10.1. The molecular weight excluding hydrogens is 1650 g/mol. The van der Waals surface area contributed by atoms with Gasteiger partial charge in [0.2, 0.25) is 0 Å². The van der Waals surface area contributed by atoms with E-state index >= 15 is 0 Å². The summed E-state index contributed by atoms with van der Waals surface area (Å²) in [6, 6.07) is 160. The van der Waals surface area contributed by atoms with Crippen molar-refractivity contribution in [3.63, 3.8) is 0 Å². The molecule has 32 rings (SSSR count). The number of rotatable bonds is 5. The molecule has 6 heteroatoms. The molecule has 0 N–H and O–H groups in total. The van der Waals surface area contributed by atoms with Crippen LogP contribution in [0.5, 0.6) is 0 Å². The Morgan fingerprint density at radius 1 is 0.144 bits per heavy atom. The molecule has 0 atom stereocenters. The van der Waals surface area contributed by atoms with Gasteiger partial charge in [-0.25, -0.2) is 0 Å². The minimum atomic E-state index is 1.18. The molecule has 0 unspecified atom stereocenters. The van der Waals surface area contributed by atoms with Crippen LogP contribution in [-0.2, 0) is 0 Å². The molecule has 0 fully saturated rings. The van der Waals surface area contributed by atoms with Gasteiger partial charge in [0.15, 0.2) is 0 Å². The van der Waals surface area contributed by atoms with Crippen molar-refractivity contribution < 1.29 is 0 Å². The zero-order chi connectivity index (χ0) is 85.8. The molecule has 6 heterocycles. The number of hydrogen-bond donors (Lipinski definition) is 0. The summed E-state index contributed by atoms with van der Waals surface area (Å²) in [4.78, 5) is 0. The van der Waals surface area contributed by atoms with E-state index in [9.17, 15) is 0 Å². The quantitative estimate of drug-likeness (QED) is 0.163. The Hall–Kier alpha value is -16.3. The van der Waals surface area contributed by atoms with E-state index in [1.807, 2.05) is 34.0 Å². The number of thiophene rings is 3. The molecule has 3 aliphatic rings. The second-order valence-electron chi connectivity index (χ2n) is 35.7. The first kappa shape index (κ1) is 72.7. The van der Waals surface area contributed by atoms with Crippen LogP contribution < -0.4 is 0 Å². The van der Waals surface area contributed by atoms with Crippen molar-refractivity contribution in [3.05, 3.63) is 431 Å². The summed E-state index contributed by atoms with van der Waals surface area (Å²) < 4.78 is 15.6. The van der Waals surface area contributed by atoms with Gasteiger partial charge in [0.1, 0.15) is 0 Å². The maximum Gasteiger partial charge on any atom is 0.0556 e. The van der Waals surface area contributed by atoms with E-state index in [-0.39, 0.29) is 0 Å². The van der Waals surface area contributed by atoms with Gasteiger partial charge in [-0.3, -0.25) is 0 Å². The van der Waals surface area contributed by atoms with E-state index in [2.05, 4.69) is 444 Å². The fourth-order valence-electron chi connectivity index (χ4n) is 23.7. The first-order valence-corrected chi connectivity index (χ1v) is 48.0. The highest BCUT2D eigenvalue weighted by Gasteiger charge is 2.30. The molecule has 29 aromatic rings. The molecule has 3 aliphatic carbocycles. The third-order valence-corrected chi connectivity index (χ3v) is 32.8. The molecule has 0 radical (unpaired) electrons. The fraction of sp³-hybridized carbons (Fsp3) is 0. The van der Waals surface area contributed by atoms with E-state index in [4.69, 9.17) is 0 Å². The molecule has 0 spiro atoms. The zero-order valence-corrected chi connectivity index (χ0v) is 73.5. The van der Waals surface area contributed by atoms with Crippen molar-refractivity contribution in [1.82, 2.24) is 13.7 Å². The van der Waals surface area contributed by atoms with E-state index in [0.717, 1.165) is 0 Å². The zero-order valence-electron chi connectivity index (χ0n) is 71.1. The van der Waals surface area contributed by atoms with Gasteiger partial charge in [-0.2, -0.15) is 0 Å². The van der Waals surface area contributed by atoms with Gasteiger partial charge in [0.05, 0.1) is 38.8 Å². The molecule has 132 heavy (non-hydrogen) atoms. The predicted octanol–water partition coefficient (Wildman–Crippen LogP) is 36.7. The number of aromatic nitrogens is 3. The second kappa shape index (κ2) is 27.6. The Morgan fingerprint density at radius 3 is 0.871 bits per heavy atom. The van der Waals surface area contributed by atoms with Crippen molar-refractivity contribution in [2.24, 2.45) is 0 Å². The minimum Gasteiger partial charge on any atom is -0.309 e. The van der Waals surface area contributed by atoms with Gasteiger partial charge in [0, 0.05) is 110 Å².